The van der Waals surface area contributed by atoms with Crippen molar-refractivity contribution in [3.05, 3.63) is 77.0 Å². The number of pyridine rings is 1. The summed E-state index contributed by atoms with van der Waals surface area (Å²) < 4.78 is 74.8. The van der Waals surface area contributed by atoms with Crippen molar-refractivity contribution < 1.29 is 36.9 Å². The van der Waals surface area contributed by atoms with E-state index in [0.29, 0.717) is 6.07 Å². The molecule has 1 aliphatic carbocycles. The summed E-state index contributed by atoms with van der Waals surface area (Å²) in [5.41, 5.74) is -0.543. The fraction of sp³-hybridized carbons (Fsp3) is 0.292. The van der Waals surface area contributed by atoms with Gasteiger partial charge in [0.1, 0.15) is 22.8 Å². The normalized spacial score (nSPS) is 17.7. The first-order valence-corrected chi connectivity index (χ1v) is 10.8. The number of benzene rings is 1. The van der Waals surface area contributed by atoms with Gasteiger partial charge < -0.3 is 19.4 Å². The molecular weight excluding hydrogens is 487 g/mol. The molecule has 0 fully saturated rings. The fourth-order valence-electron chi connectivity index (χ4n) is 4.42. The molecule has 3 aromatic heterocycles. The van der Waals surface area contributed by atoms with Crippen LogP contribution < -0.4 is 4.74 Å². The van der Waals surface area contributed by atoms with Crippen molar-refractivity contribution in [3.8, 4) is 16.9 Å². The Labute approximate surface area is 200 Å². The van der Waals surface area contributed by atoms with Crippen molar-refractivity contribution in [3.63, 3.8) is 0 Å². The highest BCUT2D eigenvalue weighted by Gasteiger charge is 2.38. The highest BCUT2D eigenvalue weighted by atomic mass is 19.3. The number of aliphatic hydroxyl groups excluding tert-OH is 1. The number of rotatable bonds is 5. The molecule has 2 N–H and O–H groups in total. The van der Waals surface area contributed by atoms with Crippen LogP contribution in [0.3, 0.4) is 0 Å². The first kappa shape index (κ1) is 24.1. The number of hydrogen-bond acceptors (Lipinski definition) is 6. The van der Waals surface area contributed by atoms with Crippen LogP contribution in [0.1, 0.15) is 55.1 Å². The number of fused-ring (bicyclic) bond motifs is 3. The van der Waals surface area contributed by atoms with Crippen LogP contribution in [0.2, 0.25) is 0 Å². The van der Waals surface area contributed by atoms with Gasteiger partial charge in [-0.25, -0.2) is 28.1 Å². The first-order chi connectivity index (χ1) is 16.9. The number of nitrogens with zero attached hydrogens (tertiary/aromatic N) is 4. The van der Waals surface area contributed by atoms with Crippen LogP contribution in [0.25, 0.3) is 16.8 Å². The Morgan fingerprint density at radius 3 is 2.36 bits per heavy atom. The number of ether oxygens (including phenoxy) is 1. The summed E-state index contributed by atoms with van der Waals surface area (Å²) in [7, 11) is 0. The molecule has 2 atom stereocenters. The van der Waals surface area contributed by atoms with Crippen molar-refractivity contribution >= 4 is 5.65 Å². The van der Waals surface area contributed by atoms with Gasteiger partial charge in [-0.3, -0.25) is 0 Å². The highest BCUT2D eigenvalue weighted by molar-refractivity contribution is 5.65. The number of halogens is 5. The quantitative estimate of drug-likeness (QED) is 0.384. The minimum Gasteiger partial charge on any atom is -0.434 e. The van der Waals surface area contributed by atoms with Gasteiger partial charge in [-0.15, -0.1) is 0 Å². The highest BCUT2D eigenvalue weighted by Crippen LogP contribution is 2.47. The Hall–Kier alpha value is -3.64. The maximum Gasteiger partial charge on any atom is 0.387 e. The van der Waals surface area contributed by atoms with Gasteiger partial charge in [0.25, 0.3) is 0 Å². The fourth-order valence-corrected chi connectivity index (χ4v) is 4.42. The molecular formula is C24H19F5N4O3. The zero-order chi connectivity index (χ0) is 25.9. The van der Waals surface area contributed by atoms with E-state index in [-0.39, 0.29) is 46.0 Å². The van der Waals surface area contributed by atoms with E-state index in [2.05, 4.69) is 19.7 Å². The molecule has 7 nitrogen and oxygen atoms in total. The predicted octanol–water partition coefficient (Wildman–Crippen LogP) is 4.61. The third kappa shape index (κ3) is 4.05. The molecule has 188 valence electrons. The Morgan fingerprint density at radius 2 is 1.72 bits per heavy atom. The smallest absolute Gasteiger partial charge is 0.387 e. The minimum absolute atomic E-state index is 0.0551. The van der Waals surface area contributed by atoms with E-state index >= 15 is 4.39 Å². The van der Waals surface area contributed by atoms with Gasteiger partial charge in [-0.2, -0.15) is 8.78 Å². The van der Waals surface area contributed by atoms with Gasteiger partial charge >= 0.3 is 6.61 Å². The number of aliphatic hydroxyl groups is 2. The molecule has 36 heavy (non-hydrogen) atoms. The first-order valence-electron chi connectivity index (χ1n) is 10.8. The van der Waals surface area contributed by atoms with Crippen LogP contribution in [-0.2, 0) is 5.60 Å². The minimum atomic E-state index is -3.30. The molecule has 0 spiro atoms. The van der Waals surface area contributed by atoms with Gasteiger partial charge in [0, 0.05) is 53.3 Å². The third-order valence-corrected chi connectivity index (χ3v) is 6.03. The predicted molar refractivity (Wildman–Crippen MR) is 116 cm³/mol. The molecule has 0 amide bonds. The molecule has 1 aliphatic rings. The number of alkyl halides is 2. The third-order valence-electron chi connectivity index (χ3n) is 6.03. The zero-order valence-corrected chi connectivity index (χ0v) is 18.9. The summed E-state index contributed by atoms with van der Waals surface area (Å²) in [5.74, 6) is -4.69. The molecule has 1 aromatic carbocycles. The second-order valence-electron chi connectivity index (χ2n) is 8.99. The van der Waals surface area contributed by atoms with Crippen molar-refractivity contribution in [2.24, 2.45) is 0 Å². The van der Waals surface area contributed by atoms with Gasteiger partial charge in [-0.1, -0.05) is 0 Å². The van der Waals surface area contributed by atoms with Crippen LogP contribution in [-0.4, -0.2) is 36.2 Å². The standard InChI is InChI=1S/C24H19F5N4O3/c1-24(2,35)22-30-7-10(8-31-22)13-9-33-19(6-14(13)25)32-20-17(34)4-12(21(20)33)11-3-15(26)16(27)5-18(11)36-23(28)29/h3,5-9,12,17,23,34-35H,4H2,1-2H3/t12-,17-/m1/s1. The lowest BCUT2D eigenvalue weighted by atomic mass is 9.95. The van der Waals surface area contributed by atoms with Crippen LogP contribution in [0.4, 0.5) is 22.0 Å². The van der Waals surface area contributed by atoms with Crippen LogP contribution in [0.5, 0.6) is 5.75 Å². The van der Waals surface area contributed by atoms with E-state index in [0.717, 1.165) is 12.1 Å². The Kier molecular flexibility index (Phi) is 5.67. The van der Waals surface area contributed by atoms with Crippen LogP contribution in [0.15, 0.2) is 36.8 Å². The number of hydrogen-bond donors (Lipinski definition) is 2. The van der Waals surface area contributed by atoms with E-state index in [9.17, 15) is 27.8 Å². The molecule has 0 unspecified atom stereocenters. The van der Waals surface area contributed by atoms with Gasteiger partial charge in [0.15, 0.2) is 17.5 Å². The zero-order valence-electron chi connectivity index (χ0n) is 18.9. The Bertz CT molecular complexity index is 1470. The molecule has 5 rings (SSSR count). The van der Waals surface area contributed by atoms with E-state index in [1.807, 2.05) is 0 Å². The van der Waals surface area contributed by atoms with Gasteiger partial charge in [0.05, 0.1) is 17.5 Å². The molecule has 0 saturated heterocycles. The van der Waals surface area contributed by atoms with Crippen LogP contribution in [0, 0.1) is 17.5 Å². The van der Waals surface area contributed by atoms with Crippen molar-refractivity contribution in [1.82, 2.24) is 19.4 Å². The number of imidazole rings is 1. The number of aromatic nitrogens is 4. The molecule has 4 aromatic rings. The Balaban J connectivity index is 1.66. The second kappa shape index (κ2) is 8.49. The maximum absolute atomic E-state index is 15.0. The summed E-state index contributed by atoms with van der Waals surface area (Å²) in [6.45, 7) is -0.299. The molecule has 0 radical (unpaired) electrons. The average molecular weight is 506 g/mol. The van der Waals surface area contributed by atoms with Crippen LogP contribution >= 0.6 is 0 Å². The lowest BCUT2D eigenvalue weighted by molar-refractivity contribution is -0.0508. The Morgan fingerprint density at radius 1 is 1.06 bits per heavy atom. The topological polar surface area (TPSA) is 92.8 Å². The lowest BCUT2D eigenvalue weighted by Gasteiger charge is -2.18. The summed E-state index contributed by atoms with van der Waals surface area (Å²) in [6.07, 6.45) is 2.80. The van der Waals surface area contributed by atoms with Gasteiger partial charge in [-0.05, 0) is 26.3 Å². The largest absolute Gasteiger partial charge is 0.434 e. The monoisotopic (exact) mass is 506 g/mol. The van der Waals surface area contributed by atoms with E-state index in [4.69, 9.17) is 0 Å². The summed E-state index contributed by atoms with van der Waals surface area (Å²) >= 11 is 0. The molecule has 0 aliphatic heterocycles. The molecule has 0 saturated carbocycles. The SMILES string of the molecule is CC(C)(O)c1ncc(-c2cn3c4c(nc3cc2F)[C@H](O)C[C@@H]4c2cc(F)c(F)cc2OC(F)F)cn1. The summed E-state index contributed by atoms with van der Waals surface area (Å²) in [4.78, 5) is 12.4. The molecule has 12 heteroatoms. The van der Waals surface area contributed by atoms with E-state index < -0.39 is 47.4 Å². The average Bonchev–Trinajstić information content (AvgIpc) is 3.31. The summed E-state index contributed by atoms with van der Waals surface area (Å²) in [6, 6.07) is 2.38. The van der Waals surface area contributed by atoms with E-state index in [1.165, 1.54) is 36.8 Å². The summed E-state index contributed by atoms with van der Waals surface area (Å²) in [5, 5.41) is 20.7. The van der Waals surface area contributed by atoms with E-state index in [1.54, 1.807) is 0 Å². The molecule has 0 bridgehead atoms. The maximum atomic E-state index is 15.0. The second-order valence-corrected chi connectivity index (χ2v) is 8.99. The van der Waals surface area contributed by atoms with Crippen molar-refractivity contribution in [2.75, 3.05) is 0 Å². The van der Waals surface area contributed by atoms with Crippen molar-refractivity contribution in [2.45, 2.75) is 44.5 Å². The molecule has 3 heterocycles. The van der Waals surface area contributed by atoms with Gasteiger partial charge in [0.2, 0.25) is 0 Å². The van der Waals surface area contributed by atoms with Crippen molar-refractivity contribution in [1.29, 1.82) is 0 Å². The lowest BCUT2D eigenvalue weighted by Crippen LogP contribution is -2.19.